The summed E-state index contributed by atoms with van der Waals surface area (Å²) < 4.78 is 76.4. The average Bonchev–Trinajstić information content (AvgIpc) is 2.34. The summed E-state index contributed by atoms with van der Waals surface area (Å²) in [5.74, 6) is -0.316. The highest BCUT2D eigenvalue weighted by atomic mass is 32.2. The maximum absolute atomic E-state index is 13.0. The molecule has 0 aliphatic heterocycles. The van der Waals surface area contributed by atoms with Crippen molar-refractivity contribution < 1.29 is 35.8 Å². The van der Waals surface area contributed by atoms with Gasteiger partial charge >= 0.3 is 6.18 Å². The minimum absolute atomic E-state index is 0.0776. The first kappa shape index (κ1) is 17.4. The van der Waals surface area contributed by atoms with E-state index in [1.165, 1.54) is 14.2 Å². The Kier molecular flexibility index (Phi) is 4.95. The van der Waals surface area contributed by atoms with E-state index in [1.807, 2.05) is 0 Å². The lowest BCUT2D eigenvalue weighted by atomic mass is 10.1. The minimum Gasteiger partial charge on any atom is -0.496 e. The van der Waals surface area contributed by atoms with Crippen LogP contribution in [0.25, 0.3) is 0 Å². The molecule has 1 unspecified atom stereocenters. The van der Waals surface area contributed by atoms with Crippen LogP contribution in [-0.2, 0) is 10.0 Å². The van der Waals surface area contributed by atoms with Gasteiger partial charge in [-0.2, -0.15) is 13.2 Å². The molecule has 0 saturated carbocycles. The average molecular weight is 329 g/mol. The number of benzene rings is 1. The summed E-state index contributed by atoms with van der Waals surface area (Å²) in [6.07, 6.45) is -5.11. The van der Waals surface area contributed by atoms with Crippen molar-refractivity contribution in [2.24, 2.45) is 5.14 Å². The molecular weight excluding hydrogens is 315 g/mol. The lowest BCUT2D eigenvalue weighted by Crippen LogP contribution is -2.33. The first-order chi connectivity index (χ1) is 9.56. The molecular formula is C11H14F3NO5S. The Morgan fingerprint density at radius 3 is 1.76 bits per heavy atom. The molecule has 0 radical (unpaired) electrons. The second-order valence-corrected chi connectivity index (χ2v) is 5.61. The predicted molar refractivity (Wildman–Crippen MR) is 68.0 cm³/mol. The number of ether oxygens (including phenoxy) is 3. The number of hydrogen-bond acceptors (Lipinski definition) is 5. The number of hydrogen-bond donors (Lipinski definition) is 1. The first-order valence-electron chi connectivity index (χ1n) is 5.44. The smallest absolute Gasteiger partial charge is 0.410 e. The van der Waals surface area contributed by atoms with Crippen LogP contribution in [0.1, 0.15) is 10.8 Å². The fraction of sp³-hybridized carbons (Fsp3) is 0.455. The maximum atomic E-state index is 13.0. The van der Waals surface area contributed by atoms with E-state index >= 15 is 0 Å². The molecule has 0 saturated heterocycles. The Morgan fingerprint density at radius 2 is 1.43 bits per heavy atom. The predicted octanol–water partition coefficient (Wildman–Crippen LogP) is 1.60. The number of halogens is 3. The molecule has 0 amide bonds. The Hall–Kier alpha value is -1.68. The van der Waals surface area contributed by atoms with Crippen molar-refractivity contribution in [1.29, 1.82) is 0 Å². The van der Waals surface area contributed by atoms with Gasteiger partial charge in [0.1, 0.15) is 5.75 Å². The minimum atomic E-state index is -5.11. The van der Waals surface area contributed by atoms with Gasteiger partial charge in [-0.1, -0.05) is 0 Å². The molecule has 0 heterocycles. The van der Waals surface area contributed by atoms with E-state index in [4.69, 9.17) is 19.3 Å². The zero-order valence-corrected chi connectivity index (χ0v) is 12.2. The normalized spacial score (nSPS) is 13.7. The summed E-state index contributed by atoms with van der Waals surface area (Å²) in [5, 5.41) is 1.78. The summed E-state index contributed by atoms with van der Waals surface area (Å²) in [6.45, 7) is 0. The van der Waals surface area contributed by atoms with E-state index in [2.05, 4.69) is 0 Å². The topological polar surface area (TPSA) is 87.9 Å². The highest BCUT2D eigenvalue weighted by Gasteiger charge is 2.50. The van der Waals surface area contributed by atoms with Gasteiger partial charge in [0.05, 0.1) is 21.3 Å². The highest BCUT2D eigenvalue weighted by molar-refractivity contribution is 7.89. The molecule has 120 valence electrons. The molecule has 1 aromatic rings. The molecule has 0 aliphatic carbocycles. The lowest BCUT2D eigenvalue weighted by molar-refractivity contribution is -0.131. The quantitative estimate of drug-likeness (QED) is 0.886. The van der Waals surface area contributed by atoms with Crippen LogP contribution in [0.15, 0.2) is 12.1 Å². The van der Waals surface area contributed by atoms with E-state index in [-0.39, 0.29) is 17.2 Å². The Bertz CT molecular complexity index is 615. The van der Waals surface area contributed by atoms with Crippen molar-refractivity contribution >= 4 is 10.0 Å². The third-order valence-electron chi connectivity index (χ3n) is 2.64. The number of nitrogens with two attached hydrogens (primary N) is 1. The van der Waals surface area contributed by atoms with Crippen molar-refractivity contribution in [2.45, 2.75) is 11.4 Å². The van der Waals surface area contributed by atoms with Gasteiger partial charge in [0, 0.05) is 11.6 Å². The molecule has 0 bridgehead atoms. The lowest BCUT2D eigenvalue weighted by Gasteiger charge is -2.22. The van der Waals surface area contributed by atoms with Crippen LogP contribution in [0.3, 0.4) is 0 Å². The largest absolute Gasteiger partial charge is 0.496 e. The standard InChI is InChI=1S/C11H14F3NO5S/c1-18-7-5-9(20-3)8(19-2)4-6(7)10(11(12,13)14)21(15,16)17/h4-5,10H,1-3H3,(H2,15,16,17). The number of alkyl halides is 3. The Morgan fingerprint density at radius 1 is 1.00 bits per heavy atom. The van der Waals surface area contributed by atoms with Gasteiger partial charge < -0.3 is 14.2 Å². The summed E-state index contributed by atoms with van der Waals surface area (Å²) in [4.78, 5) is 0. The van der Waals surface area contributed by atoms with Gasteiger partial charge in [-0.15, -0.1) is 0 Å². The molecule has 0 spiro atoms. The summed E-state index contributed by atoms with van der Waals surface area (Å²) in [6, 6.07) is 1.97. The number of rotatable bonds is 5. The van der Waals surface area contributed by atoms with E-state index in [1.54, 1.807) is 0 Å². The van der Waals surface area contributed by atoms with Crippen molar-refractivity contribution in [3.05, 3.63) is 17.7 Å². The van der Waals surface area contributed by atoms with Crippen molar-refractivity contribution in [2.75, 3.05) is 21.3 Å². The van der Waals surface area contributed by atoms with Gasteiger partial charge in [-0.05, 0) is 6.07 Å². The van der Waals surface area contributed by atoms with Crippen LogP contribution in [0.4, 0.5) is 13.2 Å². The molecule has 21 heavy (non-hydrogen) atoms. The third-order valence-corrected chi connectivity index (χ3v) is 3.82. The second kappa shape index (κ2) is 5.98. The van der Waals surface area contributed by atoms with Crippen LogP contribution in [0.5, 0.6) is 17.2 Å². The van der Waals surface area contributed by atoms with Gasteiger partial charge in [-0.25, -0.2) is 13.6 Å². The zero-order valence-electron chi connectivity index (χ0n) is 11.4. The SMILES string of the molecule is COc1cc(OC)c(C(C(F)(F)F)S(N)(=O)=O)cc1OC. The third kappa shape index (κ3) is 3.70. The van der Waals surface area contributed by atoms with E-state index in [0.29, 0.717) is 0 Å². The summed E-state index contributed by atoms with van der Waals surface area (Å²) in [5.41, 5.74) is -0.676. The molecule has 0 aliphatic rings. The maximum Gasteiger partial charge on any atom is 0.410 e. The summed E-state index contributed by atoms with van der Waals surface area (Å²) in [7, 11) is -1.38. The van der Waals surface area contributed by atoms with Crippen LogP contribution in [0, 0.1) is 0 Å². The molecule has 10 heteroatoms. The number of sulfonamides is 1. The monoisotopic (exact) mass is 329 g/mol. The molecule has 1 rings (SSSR count). The Balaban J connectivity index is 3.66. The van der Waals surface area contributed by atoms with Crippen LogP contribution in [0.2, 0.25) is 0 Å². The van der Waals surface area contributed by atoms with E-state index in [0.717, 1.165) is 19.2 Å². The first-order valence-corrected chi connectivity index (χ1v) is 7.05. The molecule has 6 nitrogen and oxygen atoms in total. The van der Waals surface area contributed by atoms with Crippen molar-refractivity contribution in [3.63, 3.8) is 0 Å². The van der Waals surface area contributed by atoms with Crippen molar-refractivity contribution in [1.82, 2.24) is 0 Å². The van der Waals surface area contributed by atoms with E-state index in [9.17, 15) is 21.6 Å². The Labute approximate surface area is 119 Å². The fourth-order valence-corrected chi connectivity index (χ4v) is 2.71. The molecule has 2 N–H and O–H groups in total. The van der Waals surface area contributed by atoms with Crippen LogP contribution < -0.4 is 19.3 Å². The summed E-state index contributed by atoms with van der Waals surface area (Å²) >= 11 is 0. The molecule has 0 aromatic heterocycles. The zero-order chi connectivity index (χ0) is 16.4. The van der Waals surface area contributed by atoms with Gasteiger partial charge in [-0.3, -0.25) is 0 Å². The van der Waals surface area contributed by atoms with Gasteiger partial charge in [0.2, 0.25) is 10.0 Å². The highest BCUT2D eigenvalue weighted by Crippen LogP contribution is 2.45. The van der Waals surface area contributed by atoms with Crippen LogP contribution in [-0.4, -0.2) is 35.9 Å². The van der Waals surface area contributed by atoms with Gasteiger partial charge in [0.15, 0.2) is 16.7 Å². The number of primary sulfonamides is 1. The second-order valence-electron chi connectivity index (χ2n) is 3.96. The molecule has 0 fully saturated rings. The fourth-order valence-electron chi connectivity index (χ4n) is 1.80. The van der Waals surface area contributed by atoms with Gasteiger partial charge in [0.25, 0.3) is 0 Å². The molecule has 1 aromatic carbocycles. The van der Waals surface area contributed by atoms with Crippen molar-refractivity contribution in [3.8, 4) is 17.2 Å². The van der Waals surface area contributed by atoms with E-state index < -0.39 is 27.0 Å². The van der Waals surface area contributed by atoms with Crippen LogP contribution >= 0.6 is 0 Å². The molecule has 1 atom stereocenters. The number of methoxy groups -OCH3 is 3.